The molecule has 0 radical (unpaired) electrons. The standard InChI is InChI=1S/C4H9O.Ga.HI.H2N/c1-4(2)3-5;;;/h4H,3H2,1-2H3;;1H;1H2/q-1;+3;;-1/p-1. The predicted molar refractivity (Wildman–Crippen MR) is 44.8 cm³/mol. The first kappa shape index (κ1) is 9.29. The SMILES string of the molecule is CC(C)C[O][Ga]([NH2])[I]. The van der Waals surface area contributed by atoms with E-state index in [-0.39, 0.29) is 0 Å². The van der Waals surface area contributed by atoms with Crippen LogP contribution in [0.2, 0.25) is 0 Å². The molecule has 0 heterocycles. The summed E-state index contributed by atoms with van der Waals surface area (Å²) >= 11 is 0.573. The van der Waals surface area contributed by atoms with Crippen LogP contribution >= 0.6 is 19.7 Å². The summed E-state index contributed by atoms with van der Waals surface area (Å²) in [5, 5.41) is 0. The van der Waals surface area contributed by atoms with Gasteiger partial charge in [0.15, 0.2) is 0 Å². The number of hydrogen-bond acceptors (Lipinski definition) is 2. The van der Waals surface area contributed by atoms with Gasteiger partial charge in [0.25, 0.3) is 0 Å². The van der Waals surface area contributed by atoms with E-state index in [1.54, 1.807) is 0 Å². The van der Waals surface area contributed by atoms with Gasteiger partial charge in [0, 0.05) is 0 Å². The molecule has 0 rings (SSSR count). The van der Waals surface area contributed by atoms with Crippen LogP contribution in [0.5, 0.6) is 0 Å². The van der Waals surface area contributed by atoms with E-state index >= 15 is 0 Å². The van der Waals surface area contributed by atoms with Crippen LogP contribution in [0.15, 0.2) is 0 Å². The third kappa shape index (κ3) is 7.29. The maximum atomic E-state index is 5.49. The van der Waals surface area contributed by atoms with E-state index in [0.29, 0.717) is 5.92 Å². The van der Waals surface area contributed by atoms with E-state index in [1.807, 2.05) is 0 Å². The van der Waals surface area contributed by atoms with Crippen molar-refractivity contribution in [2.75, 3.05) is 6.61 Å². The summed E-state index contributed by atoms with van der Waals surface area (Å²) in [6.45, 7) is 5.09. The minimum absolute atomic E-state index is 0.626. The molecule has 2 N–H and O–H groups in total. The van der Waals surface area contributed by atoms with E-state index in [9.17, 15) is 0 Å². The molecule has 0 spiro atoms. The first-order valence-corrected chi connectivity index (χ1v) is 12.4. The average molecular weight is 286 g/mol. The molecule has 0 bridgehead atoms. The van der Waals surface area contributed by atoms with Crippen molar-refractivity contribution in [3.8, 4) is 0 Å². The zero-order valence-corrected chi connectivity index (χ0v) is 9.81. The van der Waals surface area contributed by atoms with E-state index < -0.39 is 13.3 Å². The summed E-state index contributed by atoms with van der Waals surface area (Å²) < 4.78 is 10.7. The van der Waals surface area contributed by atoms with Crippen molar-refractivity contribution in [2.24, 2.45) is 10.4 Å². The molecule has 0 aromatic rings. The van der Waals surface area contributed by atoms with Crippen LogP contribution in [0, 0.1) is 5.92 Å². The second-order valence-electron chi connectivity index (χ2n) is 2.08. The van der Waals surface area contributed by atoms with Gasteiger partial charge >= 0.3 is 67.3 Å². The van der Waals surface area contributed by atoms with Gasteiger partial charge in [-0.3, -0.25) is 0 Å². The number of nitrogens with two attached hydrogens (primary N) is 1. The normalized spacial score (nSPS) is 10.1. The Morgan fingerprint density at radius 1 is 1.75 bits per heavy atom. The van der Waals surface area contributed by atoms with Crippen molar-refractivity contribution in [3.63, 3.8) is 0 Å². The molecule has 0 saturated carbocycles. The van der Waals surface area contributed by atoms with Crippen molar-refractivity contribution in [1.82, 2.24) is 0 Å². The molecule has 8 heavy (non-hydrogen) atoms. The number of hydrogen-bond donors (Lipinski definition) is 1. The van der Waals surface area contributed by atoms with Crippen LogP contribution in [-0.2, 0) is 3.53 Å². The second kappa shape index (κ2) is 5.10. The van der Waals surface area contributed by atoms with Crippen molar-refractivity contribution < 1.29 is 3.53 Å². The number of rotatable bonds is 3. The van der Waals surface area contributed by atoms with Gasteiger partial charge in [-0.05, 0) is 0 Å². The fourth-order valence-corrected chi connectivity index (χ4v) is 2.56. The Balaban J connectivity index is 2.93. The monoisotopic (exact) mass is 285 g/mol. The third-order valence-electron chi connectivity index (χ3n) is 0.589. The van der Waals surface area contributed by atoms with Crippen molar-refractivity contribution in [2.45, 2.75) is 13.8 Å². The van der Waals surface area contributed by atoms with Crippen LogP contribution in [0.25, 0.3) is 0 Å². The maximum absolute atomic E-state index is 5.49. The van der Waals surface area contributed by atoms with Crippen molar-refractivity contribution >= 4 is 32.9 Å². The second-order valence-corrected chi connectivity index (χ2v) is 10.6. The average Bonchev–Trinajstić information content (AvgIpc) is 1.61. The van der Waals surface area contributed by atoms with Gasteiger partial charge in [-0.25, -0.2) is 0 Å². The fraction of sp³-hybridized carbons (Fsp3) is 1.00. The Labute approximate surface area is 67.0 Å². The molecule has 0 saturated heterocycles. The molecule has 0 amide bonds. The molecule has 0 aliphatic heterocycles. The molecule has 0 aromatic heterocycles. The Morgan fingerprint density at radius 3 is 2.38 bits per heavy atom. The molecule has 0 unspecified atom stereocenters. The van der Waals surface area contributed by atoms with E-state index in [1.165, 1.54) is 0 Å². The van der Waals surface area contributed by atoms with Crippen molar-refractivity contribution in [3.05, 3.63) is 0 Å². The molecule has 2 nitrogen and oxygen atoms in total. The van der Waals surface area contributed by atoms with Crippen LogP contribution in [0.3, 0.4) is 0 Å². The summed E-state index contributed by atoms with van der Waals surface area (Å²) in [5.41, 5.74) is 0. The Bertz CT molecular complexity index is 52.0. The quantitative estimate of drug-likeness (QED) is 0.621. The topological polar surface area (TPSA) is 35.2 Å². The minimum atomic E-state index is -1.65. The molecular weight excluding hydrogens is 275 g/mol. The molecular formula is C4H11GaINO. The Morgan fingerprint density at radius 2 is 2.25 bits per heavy atom. The first-order valence-electron chi connectivity index (χ1n) is 2.64. The van der Waals surface area contributed by atoms with E-state index in [4.69, 9.17) is 7.97 Å². The molecule has 0 fully saturated rings. The zero-order valence-electron chi connectivity index (χ0n) is 5.23. The summed E-state index contributed by atoms with van der Waals surface area (Å²) in [6.07, 6.45) is 0. The molecule has 0 atom stereocenters. The van der Waals surface area contributed by atoms with Gasteiger partial charge in [-0.1, -0.05) is 0 Å². The van der Waals surface area contributed by atoms with Gasteiger partial charge in [-0.15, -0.1) is 0 Å². The molecule has 0 aliphatic carbocycles. The van der Waals surface area contributed by atoms with Crippen LogP contribution in [0.1, 0.15) is 13.8 Å². The van der Waals surface area contributed by atoms with Gasteiger partial charge in [0.05, 0.1) is 0 Å². The van der Waals surface area contributed by atoms with Crippen LogP contribution in [0.4, 0.5) is 0 Å². The van der Waals surface area contributed by atoms with E-state index in [2.05, 4.69) is 33.5 Å². The Hall–Kier alpha value is 1.29. The predicted octanol–water partition coefficient (Wildman–Crippen LogP) is 1.04. The molecule has 4 heteroatoms. The van der Waals surface area contributed by atoms with E-state index in [0.717, 1.165) is 6.61 Å². The molecule has 48 valence electrons. The summed E-state index contributed by atoms with van der Waals surface area (Å²) in [7, 11) is 0. The van der Waals surface area contributed by atoms with Crippen molar-refractivity contribution in [1.29, 1.82) is 0 Å². The number of halogens is 1. The third-order valence-corrected chi connectivity index (χ3v) is 3.53. The first-order chi connectivity index (χ1) is 3.63. The van der Waals surface area contributed by atoms with Gasteiger partial charge in [0.2, 0.25) is 0 Å². The van der Waals surface area contributed by atoms with Gasteiger partial charge in [-0.2, -0.15) is 0 Å². The van der Waals surface area contributed by atoms with Crippen LogP contribution in [-0.4, -0.2) is 19.9 Å². The van der Waals surface area contributed by atoms with Gasteiger partial charge in [0.1, 0.15) is 0 Å². The summed E-state index contributed by atoms with van der Waals surface area (Å²) in [4.78, 5) is 0. The molecule has 0 aromatic carbocycles. The molecule has 0 aliphatic rings. The Kier molecular flexibility index (Phi) is 5.92. The fourth-order valence-electron chi connectivity index (χ4n) is 0.284. The summed E-state index contributed by atoms with van der Waals surface area (Å²) in [6, 6.07) is 0. The summed E-state index contributed by atoms with van der Waals surface area (Å²) in [5.74, 6) is 0.626. The van der Waals surface area contributed by atoms with Gasteiger partial charge < -0.3 is 0 Å². The zero-order chi connectivity index (χ0) is 6.57. The van der Waals surface area contributed by atoms with Crippen LogP contribution < -0.4 is 4.44 Å².